The lowest BCUT2D eigenvalue weighted by molar-refractivity contribution is -0.000308. The van der Waals surface area contributed by atoms with Crippen LogP contribution in [0.15, 0.2) is 66.7 Å². The van der Waals surface area contributed by atoms with Crippen molar-refractivity contribution in [3.8, 4) is 22.6 Å². The van der Waals surface area contributed by atoms with Crippen molar-refractivity contribution < 1.29 is 19.3 Å². The summed E-state index contributed by atoms with van der Waals surface area (Å²) in [4.78, 5) is 0. The number of methoxy groups -OCH3 is 1. The summed E-state index contributed by atoms with van der Waals surface area (Å²) >= 11 is 0. The Morgan fingerprint density at radius 2 is 1.65 bits per heavy atom. The molecule has 4 aromatic rings. The second-order valence-electron chi connectivity index (χ2n) is 9.91. The third kappa shape index (κ3) is 3.04. The van der Waals surface area contributed by atoms with Crippen molar-refractivity contribution >= 4 is 10.9 Å². The standard InChI is InChI=1S/C29H28FNO3/c1-34-29-15-13-28(18-29,14-16-29)27-25(20-7-5-19(17-32)6-8-20)26-23(3-2-4-24(26)33)31(27)22-11-9-21(30)10-12-22/h2-12,32-33H,13-18H2,1H3. The first-order chi connectivity index (χ1) is 16.5. The van der Waals surface area contributed by atoms with Crippen LogP contribution in [-0.4, -0.2) is 27.5 Å². The molecule has 0 atom stereocenters. The number of aliphatic hydroxyl groups is 1. The summed E-state index contributed by atoms with van der Waals surface area (Å²) in [5.74, 6) is -0.0473. The van der Waals surface area contributed by atoms with Crippen molar-refractivity contribution in [1.29, 1.82) is 0 Å². The maximum atomic E-state index is 13.9. The van der Waals surface area contributed by atoms with Gasteiger partial charge in [0.25, 0.3) is 0 Å². The van der Waals surface area contributed by atoms with Gasteiger partial charge in [-0.3, -0.25) is 0 Å². The molecule has 0 saturated heterocycles. The number of nitrogens with zero attached hydrogens (tertiary/aromatic N) is 1. The van der Waals surface area contributed by atoms with E-state index in [2.05, 4.69) is 4.57 Å². The van der Waals surface area contributed by atoms with Gasteiger partial charge in [0.15, 0.2) is 0 Å². The smallest absolute Gasteiger partial charge is 0.125 e. The SMILES string of the molecule is COC12CCC(c3c(-c4ccc(CO)cc4)c4c(O)cccc4n3-c3ccc(F)cc3)(CC1)C2. The highest BCUT2D eigenvalue weighted by Crippen LogP contribution is 2.62. The first-order valence-electron chi connectivity index (χ1n) is 11.9. The van der Waals surface area contributed by atoms with Gasteiger partial charge in [0.2, 0.25) is 0 Å². The highest BCUT2D eigenvalue weighted by atomic mass is 19.1. The fraction of sp³-hybridized carbons (Fsp3) is 0.310. The molecule has 2 aliphatic carbocycles. The van der Waals surface area contributed by atoms with Gasteiger partial charge in [-0.05, 0) is 79.6 Å². The maximum Gasteiger partial charge on any atom is 0.125 e. The fourth-order valence-electron chi connectivity index (χ4n) is 6.49. The number of rotatable bonds is 5. The summed E-state index contributed by atoms with van der Waals surface area (Å²) in [7, 11) is 1.82. The van der Waals surface area contributed by atoms with Gasteiger partial charge in [-0.15, -0.1) is 0 Å². The second kappa shape index (κ2) is 7.69. The Morgan fingerprint density at radius 3 is 2.26 bits per heavy atom. The highest BCUT2D eigenvalue weighted by Gasteiger charge is 2.57. The van der Waals surface area contributed by atoms with Gasteiger partial charge in [-0.1, -0.05) is 30.3 Å². The molecule has 2 saturated carbocycles. The maximum absolute atomic E-state index is 13.9. The fourth-order valence-corrected chi connectivity index (χ4v) is 6.49. The van der Waals surface area contributed by atoms with Crippen LogP contribution < -0.4 is 0 Å². The number of benzene rings is 3. The first kappa shape index (κ1) is 21.4. The van der Waals surface area contributed by atoms with Gasteiger partial charge in [-0.2, -0.15) is 0 Å². The van der Waals surface area contributed by atoms with E-state index in [0.717, 1.165) is 71.1 Å². The van der Waals surface area contributed by atoms with Crippen molar-refractivity contribution in [1.82, 2.24) is 4.57 Å². The van der Waals surface area contributed by atoms with E-state index in [1.165, 1.54) is 12.1 Å². The predicted octanol–water partition coefficient (Wildman–Crippen LogP) is 6.24. The van der Waals surface area contributed by atoms with Crippen LogP contribution in [0.25, 0.3) is 27.7 Å². The Kier molecular flexibility index (Phi) is 4.84. The van der Waals surface area contributed by atoms with Gasteiger partial charge in [0.05, 0.1) is 17.7 Å². The average molecular weight is 458 g/mol. The number of aliphatic hydroxyl groups excluding tert-OH is 1. The zero-order valence-electron chi connectivity index (χ0n) is 19.2. The normalized spacial score (nSPS) is 23.7. The van der Waals surface area contributed by atoms with Crippen molar-refractivity contribution in [2.24, 2.45) is 0 Å². The molecule has 2 bridgehead atoms. The Hall–Kier alpha value is -3.15. The third-order valence-corrected chi connectivity index (χ3v) is 8.20. The molecule has 0 aliphatic heterocycles. The van der Waals surface area contributed by atoms with E-state index in [-0.39, 0.29) is 29.2 Å². The zero-order valence-corrected chi connectivity index (χ0v) is 19.2. The zero-order chi connectivity index (χ0) is 23.5. The van der Waals surface area contributed by atoms with Crippen LogP contribution in [0.3, 0.4) is 0 Å². The van der Waals surface area contributed by atoms with Crippen molar-refractivity contribution in [2.75, 3.05) is 7.11 Å². The van der Waals surface area contributed by atoms with Gasteiger partial charge in [0.1, 0.15) is 11.6 Å². The van der Waals surface area contributed by atoms with Crippen LogP contribution in [0.5, 0.6) is 5.75 Å². The molecule has 5 heteroatoms. The molecular formula is C29H28FNO3. The molecular weight excluding hydrogens is 429 g/mol. The molecule has 0 unspecified atom stereocenters. The van der Waals surface area contributed by atoms with Crippen molar-refractivity contribution in [3.05, 3.63) is 83.8 Å². The molecule has 2 N–H and O–H groups in total. The molecule has 34 heavy (non-hydrogen) atoms. The minimum Gasteiger partial charge on any atom is -0.507 e. The number of fused-ring (bicyclic) bond motifs is 3. The van der Waals surface area contributed by atoms with Crippen LogP contribution in [0.1, 0.15) is 43.4 Å². The summed E-state index contributed by atoms with van der Waals surface area (Å²) in [6.45, 7) is -0.0178. The summed E-state index contributed by atoms with van der Waals surface area (Å²) in [5.41, 5.74) is 5.57. The molecule has 4 nitrogen and oxygen atoms in total. The molecule has 174 valence electrons. The number of aromatic nitrogens is 1. The van der Waals surface area contributed by atoms with Crippen LogP contribution in [0, 0.1) is 5.82 Å². The van der Waals surface area contributed by atoms with E-state index in [4.69, 9.17) is 4.74 Å². The number of phenolic OH excluding ortho intramolecular Hbond substituents is 1. The second-order valence-corrected chi connectivity index (χ2v) is 9.91. The molecule has 1 aromatic heterocycles. The van der Waals surface area contributed by atoms with E-state index in [1.54, 1.807) is 6.07 Å². The lowest BCUT2D eigenvalue weighted by atomic mass is 9.77. The summed E-state index contributed by atoms with van der Waals surface area (Å²) in [6, 6.07) is 20.1. The molecule has 0 amide bonds. The Morgan fingerprint density at radius 1 is 0.941 bits per heavy atom. The number of ether oxygens (including phenoxy) is 1. The van der Waals surface area contributed by atoms with Gasteiger partial charge < -0.3 is 19.5 Å². The molecule has 1 heterocycles. The van der Waals surface area contributed by atoms with Crippen molar-refractivity contribution in [2.45, 2.75) is 49.7 Å². The number of hydrogen-bond acceptors (Lipinski definition) is 3. The molecule has 6 rings (SSSR count). The van der Waals surface area contributed by atoms with E-state index >= 15 is 0 Å². The minimum absolute atomic E-state index is 0.0178. The molecule has 3 aromatic carbocycles. The van der Waals surface area contributed by atoms with Gasteiger partial charge in [-0.25, -0.2) is 4.39 Å². The molecule has 0 spiro atoms. The largest absolute Gasteiger partial charge is 0.507 e. The van der Waals surface area contributed by atoms with Crippen LogP contribution in [0.2, 0.25) is 0 Å². The van der Waals surface area contributed by atoms with Gasteiger partial charge >= 0.3 is 0 Å². The lowest BCUT2D eigenvalue weighted by Gasteiger charge is -2.30. The number of hydrogen-bond donors (Lipinski definition) is 2. The molecule has 0 radical (unpaired) electrons. The average Bonchev–Trinajstić information content (AvgIpc) is 3.54. The quantitative estimate of drug-likeness (QED) is 0.373. The Balaban J connectivity index is 1.72. The monoisotopic (exact) mass is 457 g/mol. The number of aromatic hydroxyl groups is 1. The summed E-state index contributed by atoms with van der Waals surface area (Å²) in [6.07, 6.45) is 4.94. The number of phenols is 1. The summed E-state index contributed by atoms with van der Waals surface area (Å²) in [5, 5.41) is 21.5. The van der Waals surface area contributed by atoms with E-state index < -0.39 is 0 Å². The predicted molar refractivity (Wildman–Crippen MR) is 131 cm³/mol. The molecule has 2 fully saturated rings. The van der Waals surface area contributed by atoms with Crippen LogP contribution >= 0.6 is 0 Å². The third-order valence-electron chi connectivity index (χ3n) is 8.20. The first-order valence-corrected chi connectivity index (χ1v) is 11.9. The number of halogens is 1. The summed E-state index contributed by atoms with van der Waals surface area (Å²) < 4.78 is 22.1. The Bertz CT molecular complexity index is 1360. The lowest BCUT2D eigenvalue weighted by Crippen LogP contribution is -2.24. The van der Waals surface area contributed by atoms with Crippen LogP contribution in [-0.2, 0) is 16.8 Å². The van der Waals surface area contributed by atoms with Crippen molar-refractivity contribution in [3.63, 3.8) is 0 Å². The Labute approximate surface area is 198 Å². The van der Waals surface area contributed by atoms with E-state index in [1.807, 2.05) is 55.6 Å². The van der Waals surface area contributed by atoms with Gasteiger partial charge in [0, 0.05) is 34.9 Å². The van der Waals surface area contributed by atoms with E-state index in [9.17, 15) is 14.6 Å². The van der Waals surface area contributed by atoms with Crippen LogP contribution in [0.4, 0.5) is 4.39 Å². The topological polar surface area (TPSA) is 54.6 Å². The van der Waals surface area contributed by atoms with E-state index in [0.29, 0.717) is 0 Å². The minimum atomic E-state index is -0.275. The molecule has 2 aliphatic rings. The highest BCUT2D eigenvalue weighted by molar-refractivity contribution is 6.03.